The molecule has 1 N–H and O–H groups in total. The van der Waals surface area contributed by atoms with Gasteiger partial charge in [-0.25, -0.2) is 8.78 Å². The summed E-state index contributed by atoms with van der Waals surface area (Å²) in [5.74, 6) is -3.24. The lowest BCUT2D eigenvalue weighted by atomic mass is 10.1. The Labute approximate surface area is 172 Å². The molecule has 156 valence electrons. The molecule has 3 amide bonds. The van der Waals surface area contributed by atoms with Crippen molar-refractivity contribution >= 4 is 23.8 Å². The molecule has 0 aromatic heterocycles. The summed E-state index contributed by atoms with van der Waals surface area (Å²) in [6.45, 7) is 2.30. The van der Waals surface area contributed by atoms with Crippen LogP contribution in [0, 0.1) is 11.6 Å². The van der Waals surface area contributed by atoms with Gasteiger partial charge in [0.2, 0.25) is 5.91 Å². The topological polar surface area (TPSA) is 69.7 Å². The van der Waals surface area contributed by atoms with E-state index < -0.39 is 17.5 Å². The summed E-state index contributed by atoms with van der Waals surface area (Å²) in [7, 11) is 0. The molecule has 1 aliphatic rings. The molecule has 0 atom stereocenters. The lowest BCUT2D eigenvalue weighted by Crippen LogP contribution is -2.52. The van der Waals surface area contributed by atoms with Crippen LogP contribution in [0.1, 0.15) is 22.8 Å². The molecule has 8 heteroatoms. The molecule has 1 heterocycles. The van der Waals surface area contributed by atoms with Crippen LogP contribution in [-0.2, 0) is 9.59 Å². The fraction of sp³-hybridized carbons (Fsp3) is 0.227. The SMILES string of the molecule is CC(=O)NC(=Cc1ccccc1)C(=O)N1CCN(C(=O)c2ccc(F)c(F)c2)CC1. The van der Waals surface area contributed by atoms with Gasteiger partial charge in [-0.3, -0.25) is 14.4 Å². The van der Waals surface area contributed by atoms with Crippen molar-refractivity contribution in [2.24, 2.45) is 0 Å². The number of hydrogen-bond acceptors (Lipinski definition) is 3. The van der Waals surface area contributed by atoms with Gasteiger partial charge in [0.15, 0.2) is 11.6 Å². The van der Waals surface area contributed by atoms with E-state index in [1.165, 1.54) is 17.9 Å². The van der Waals surface area contributed by atoms with Gasteiger partial charge in [-0.1, -0.05) is 30.3 Å². The van der Waals surface area contributed by atoms with Gasteiger partial charge in [-0.2, -0.15) is 0 Å². The standard InChI is InChI=1S/C22H21F2N3O3/c1-15(28)25-20(13-16-5-3-2-4-6-16)22(30)27-11-9-26(10-12-27)21(29)17-7-8-18(23)19(24)14-17/h2-8,13-14H,9-12H2,1H3,(H,25,28). The van der Waals surface area contributed by atoms with Crippen LogP contribution >= 0.6 is 0 Å². The van der Waals surface area contributed by atoms with E-state index in [4.69, 9.17) is 0 Å². The van der Waals surface area contributed by atoms with Crippen LogP contribution in [0.15, 0.2) is 54.2 Å². The van der Waals surface area contributed by atoms with E-state index >= 15 is 0 Å². The first-order valence-corrected chi connectivity index (χ1v) is 9.43. The first-order valence-electron chi connectivity index (χ1n) is 9.43. The zero-order valence-corrected chi connectivity index (χ0v) is 16.4. The summed E-state index contributed by atoms with van der Waals surface area (Å²) >= 11 is 0. The molecule has 0 radical (unpaired) electrons. The van der Waals surface area contributed by atoms with Crippen molar-refractivity contribution in [3.63, 3.8) is 0 Å². The van der Waals surface area contributed by atoms with Gasteiger partial charge in [0.25, 0.3) is 11.8 Å². The largest absolute Gasteiger partial charge is 0.335 e. The van der Waals surface area contributed by atoms with Crippen LogP contribution in [-0.4, -0.2) is 53.7 Å². The Morgan fingerprint density at radius 2 is 1.53 bits per heavy atom. The Balaban J connectivity index is 1.68. The lowest BCUT2D eigenvalue weighted by molar-refractivity contribution is -0.130. The molecule has 0 spiro atoms. The fourth-order valence-corrected chi connectivity index (χ4v) is 3.15. The van der Waals surface area contributed by atoms with Crippen LogP contribution < -0.4 is 5.32 Å². The molecular formula is C22H21F2N3O3. The lowest BCUT2D eigenvalue weighted by Gasteiger charge is -2.35. The van der Waals surface area contributed by atoms with E-state index in [-0.39, 0.29) is 49.3 Å². The molecule has 0 saturated carbocycles. The number of carbonyl (C=O) groups excluding carboxylic acids is 3. The first-order chi connectivity index (χ1) is 14.3. The molecule has 6 nitrogen and oxygen atoms in total. The average molecular weight is 413 g/mol. The molecule has 0 bridgehead atoms. The van der Waals surface area contributed by atoms with Crippen molar-refractivity contribution < 1.29 is 23.2 Å². The number of piperazine rings is 1. The number of amides is 3. The second kappa shape index (κ2) is 9.30. The third-order valence-electron chi connectivity index (χ3n) is 4.67. The Morgan fingerprint density at radius 1 is 0.900 bits per heavy atom. The smallest absolute Gasteiger partial charge is 0.270 e. The van der Waals surface area contributed by atoms with E-state index in [1.54, 1.807) is 11.0 Å². The molecule has 0 aliphatic carbocycles. The normalized spacial score (nSPS) is 14.4. The Bertz CT molecular complexity index is 984. The van der Waals surface area contributed by atoms with Gasteiger partial charge in [-0.15, -0.1) is 0 Å². The maximum absolute atomic E-state index is 13.4. The maximum Gasteiger partial charge on any atom is 0.270 e. The summed E-state index contributed by atoms with van der Waals surface area (Å²) in [5, 5.41) is 2.57. The predicted molar refractivity (Wildman–Crippen MR) is 107 cm³/mol. The van der Waals surface area contributed by atoms with Crippen LogP contribution in [0.2, 0.25) is 0 Å². The number of benzene rings is 2. The van der Waals surface area contributed by atoms with Crippen molar-refractivity contribution in [3.8, 4) is 0 Å². The van der Waals surface area contributed by atoms with Gasteiger partial charge in [0, 0.05) is 38.7 Å². The molecule has 1 saturated heterocycles. The summed E-state index contributed by atoms with van der Waals surface area (Å²) in [6, 6.07) is 12.1. The predicted octanol–water partition coefficient (Wildman–Crippen LogP) is 2.43. The Hall–Kier alpha value is -3.55. The second-order valence-corrected chi connectivity index (χ2v) is 6.86. The van der Waals surface area contributed by atoms with Crippen LogP contribution in [0.4, 0.5) is 8.78 Å². The number of carbonyl (C=O) groups is 3. The van der Waals surface area contributed by atoms with Gasteiger partial charge in [-0.05, 0) is 29.8 Å². The van der Waals surface area contributed by atoms with Gasteiger partial charge >= 0.3 is 0 Å². The number of rotatable bonds is 4. The zero-order valence-electron chi connectivity index (χ0n) is 16.4. The van der Waals surface area contributed by atoms with Crippen molar-refractivity contribution in [1.29, 1.82) is 0 Å². The quantitative estimate of drug-likeness (QED) is 0.783. The number of hydrogen-bond donors (Lipinski definition) is 1. The highest BCUT2D eigenvalue weighted by molar-refractivity contribution is 6.01. The third kappa shape index (κ3) is 5.08. The van der Waals surface area contributed by atoms with E-state index in [0.29, 0.717) is 0 Å². The minimum Gasteiger partial charge on any atom is -0.335 e. The zero-order chi connectivity index (χ0) is 21.7. The highest BCUT2D eigenvalue weighted by atomic mass is 19.2. The van der Waals surface area contributed by atoms with Crippen LogP contribution in [0.25, 0.3) is 6.08 Å². The molecule has 3 rings (SSSR count). The van der Waals surface area contributed by atoms with Crippen molar-refractivity contribution in [1.82, 2.24) is 15.1 Å². The molecule has 1 aliphatic heterocycles. The maximum atomic E-state index is 13.4. The highest BCUT2D eigenvalue weighted by Gasteiger charge is 2.27. The third-order valence-corrected chi connectivity index (χ3v) is 4.67. The average Bonchev–Trinajstić information content (AvgIpc) is 2.75. The van der Waals surface area contributed by atoms with Gasteiger partial charge in [0.05, 0.1) is 0 Å². The summed E-state index contributed by atoms with van der Waals surface area (Å²) < 4.78 is 26.5. The van der Waals surface area contributed by atoms with Gasteiger partial charge < -0.3 is 15.1 Å². The molecule has 2 aromatic carbocycles. The van der Waals surface area contributed by atoms with E-state index in [1.807, 2.05) is 30.3 Å². The van der Waals surface area contributed by atoms with E-state index in [0.717, 1.165) is 17.7 Å². The molecule has 2 aromatic rings. The van der Waals surface area contributed by atoms with E-state index in [9.17, 15) is 23.2 Å². The number of nitrogens with zero attached hydrogens (tertiary/aromatic N) is 2. The Morgan fingerprint density at radius 3 is 2.13 bits per heavy atom. The molecule has 0 unspecified atom stereocenters. The first kappa shape index (κ1) is 21.2. The van der Waals surface area contributed by atoms with Crippen molar-refractivity contribution in [2.75, 3.05) is 26.2 Å². The molecular weight excluding hydrogens is 392 g/mol. The van der Waals surface area contributed by atoms with Crippen molar-refractivity contribution in [2.45, 2.75) is 6.92 Å². The number of nitrogens with one attached hydrogen (secondary N) is 1. The summed E-state index contributed by atoms with van der Waals surface area (Å²) in [5.41, 5.74) is 0.965. The van der Waals surface area contributed by atoms with Crippen LogP contribution in [0.5, 0.6) is 0 Å². The summed E-state index contributed by atoms with van der Waals surface area (Å²) in [6.07, 6.45) is 1.60. The minimum absolute atomic E-state index is 0.0524. The van der Waals surface area contributed by atoms with Crippen molar-refractivity contribution in [3.05, 3.63) is 77.0 Å². The van der Waals surface area contributed by atoms with Gasteiger partial charge in [0.1, 0.15) is 5.70 Å². The highest BCUT2D eigenvalue weighted by Crippen LogP contribution is 2.15. The monoisotopic (exact) mass is 413 g/mol. The number of halogens is 2. The second-order valence-electron chi connectivity index (χ2n) is 6.86. The molecule has 30 heavy (non-hydrogen) atoms. The summed E-state index contributed by atoms with van der Waals surface area (Å²) in [4.78, 5) is 40.0. The fourth-order valence-electron chi connectivity index (χ4n) is 3.15. The van der Waals surface area contributed by atoms with E-state index in [2.05, 4.69) is 5.32 Å². The molecule has 1 fully saturated rings. The van der Waals surface area contributed by atoms with Crippen LogP contribution in [0.3, 0.4) is 0 Å². The Kier molecular flexibility index (Phi) is 6.56. The minimum atomic E-state index is -1.08.